The van der Waals surface area contributed by atoms with Gasteiger partial charge in [0, 0.05) is 6.08 Å². The summed E-state index contributed by atoms with van der Waals surface area (Å²) in [6.07, 6.45) is -12.6. The van der Waals surface area contributed by atoms with Crippen LogP contribution in [0.15, 0.2) is 42.5 Å². The average molecular weight is 625 g/mol. The van der Waals surface area contributed by atoms with Crippen molar-refractivity contribution in [3.8, 4) is 23.0 Å². The third-order valence-corrected chi connectivity index (χ3v) is 7.27. The number of hydrogen-bond donors (Lipinski definition) is 9. The van der Waals surface area contributed by atoms with Gasteiger partial charge in [0.05, 0.1) is 19.3 Å². The Morgan fingerprint density at radius 2 is 1.50 bits per heavy atom. The number of carbonyl (C=O) groups excluding carboxylic acids is 1. The van der Waals surface area contributed by atoms with Gasteiger partial charge in [0.25, 0.3) is 0 Å². The van der Waals surface area contributed by atoms with E-state index in [0.29, 0.717) is 11.1 Å². The van der Waals surface area contributed by atoms with Gasteiger partial charge in [-0.2, -0.15) is 0 Å². The molecule has 0 spiro atoms. The highest BCUT2D eigenvalue weighted by molar-refractivity contribution is 5.87. The van der Waals surface area contributed by atoms with E-state index in [1.54, 1.807) is 6.07 Å². The lowest BCUT2D eigenvalue weighted by Gasteiger charge is -2.46. The highest BCUT2D eigenvalue weighted by Gasteiger charge is 2.52. The van der Waals surface area contributed by atoms with Gasteiger partial charge in [-0.15, -0.1) is 0 Å². The first-order valence-electron chi connectivity index (χ1n) is 13.7. The number of esters is 1. The number of aromatic hydroxyl groups is 4. The SMILES string of the molecule is C[C@@H]1O[C@@H](O[C@@H]2[C@@H](O)[C@@H](OCCc3ccc(O)c(O)c3)O[C@H](CO)[C@H]2OC(=O)/C=C/c2ccc(O)c(O)c2)[C@H](O)[C@H](O)[C@H]1O. The van der Waals surface area contributed by atoms with Crippen LogP contribution < -0.4 is 0 Å². The van der Waals surface area contributed by atoms with Gasteiger partial charge in [-0.25, -0.2) is 4.79 Å². The van der Waals surface area contributed by atoms with E-state index in [0.717, 1.165) is 6.08 Å². The molecule has 10 atom stereocenters. The number of phenols is 4. The molecule has 2 aromatic carbocycles. The van der Waals surface area contributed by atoms with Crippen LogP contribution in [0.25, 0.3) is 6.08 Å². The topological polar surface area (TPSA) is 245 Å². The molecule has 2 heterocycles. The first kappa shape index (κ1) is 33.4. The second-order valence-electron chi connectivity index (χ2n) is 10.4. The van der Waals surface area contributed by atoms with Crippen molar-refractivity contribution in [2.75, 3.05) is 13.2 Å². The molecular weight excluding hydrogens is 588 g/mol. The number of hydrogen-bond acceptors (Lipinski definition) is 15. The fourth-order valence-corrected chi connectivity index (χ4v) is 4.76. The smallest absolute Gasteiger partial charge is 0.331 e. The zero-order chi connectivity index (χ0) is 32.1. The van der Waals surface area contributed by atoms with Gasteiger partial charge in [-0.05, 0) is 54.8 Å². The Balaban J connectivity index is 1.52. The lowest BCUT2D eigenvalue weighted by molar-refractivity contribution is -0.357. The van der Waals surface area contributed by atoms with Crippen molar-refractivity contribution in [1.82, 2.24) is 0 Å². The van der Waals surface area contributed by atoms with E-state index < -0.39 is 79.7 Å². The molecule has 2 aromatic rings. The highest BCUT2D eigenvalue weighted by atomic mass is 16.7. The number of carbonyl (C=O) groups is 1. The van der Waals surface area contributed by atoms with Crippen LogP contribution in [0.4, 0.5) is 0 Å². The maximum absolute atomic E-state index is 12.8. The molecule has 15 nitrogen and oxygen atoms in total. The van der Waals surface area contributed by atoms with E-state index in [1.807, 2.05) is 0 Å². The molecule has 0 saturated carbocycles. The number of aliphatic hydroxyl groups is 5. The van der Waals surface area contributed by atoms with Crippen LogP contribution in [-0.2, 0) is 34.9 Å². The summed E-state index contributed by atoms with van der Waals surface area (Å²) in [4.78, 5) is 12.8. The van der Waals surface area contributed by atoms with Crippen molar-refractivity contribution < 1.29 is 74.4 Å². The molecular formula is C29H36O15. The number of phenolic OH excluding ortho intramolecular Hbond substituents is 4. The van der Waals surface area contributed by atoms with Gasteiger partial charge in [0.15, 0.2) is 41.7 Å². The third kappa shape index (κ3) is 7.76. The van der Waals surface area contributed by atoms with E-state index in [9.17, 15) is 50.8 Å². The summed E-state index contributed by atoms with van der Waals surface area (Å²) in [5, 5.41) is 90.5. The summed E-state index contributed by atoms with van der Waals surface area (Å²) in [5.41, 5.74) is 0.914. The molecule has 0 amide bonds. The summed E-state index contributed by atoms with van der Waals surface area (Å²) < 4.78 is 28.2. The van der Waals surface area contributed by atoms with Gasteiger partial charge in [0.1, 0.15) is 36.6 Å². The van der Waals surface area contributed by atoms with Crippen LogP contribution in [0.1, 0.15) is 18.1 Å². The summed E-state index contributed by atoms with van der Waals surface area (Å²) in [5.74, 6) is -2.40. The van der Waals surface area contributed by atoms with Crippen molar-refractivity contribution in [2.45, 2.75) is 74.8 Å². The summed E-state index contributed by atoms with van der Waals surface area (Å²) in [7, 11) is 0. The zero-order valence-electron chi connectivity index (χ0n) is 23.5. The molecule has 4 rings (SSSR count). The molecule has 0 radical (unpaired) electrons. The van der Waals surface area contributed by atoms with Crippen molar-refractivity contribution in [2.24, 2.45) is 0 Å². The first-order chi connectivity index (χ1) is 20.9. The molecule has 15 heteroatoms. The summed E-state index contributed by atoms with van der Waals surface area (Å²) in [6, 6.07) is 7.98. The van der Waals surface area contributed by atoms with E-state index in [-0.39, 0.29) is 30.3 Å². The van der Waals surface area contributed by atoms with Crippen molar-refractivity contribution >= 4 is 12.0 Å². The molecule has 44 heavy (non-hydrogen) atoms. The maximum Gasteiger partial charge on any atom is 0.331 e. The first-order valence-corrected chi connectivity index (χ1v) is 13.7. The minimum atomic E-state index is -1.77. The van der Waals surface area contributed by atoms with Crippen LogP contribution >= 0.6 is 0 Å². The Morgan fingerprint density at radius 3 is 2.16 bits per heavy atom. The zero-order valence-corrected chi connectivity index (χ0v) is 23.5. The predicted octanol–water partition coefficient (Wildman–Crippen LogP) is -1.02. The van der Waals surface area contributed by atoms with Crippen LogP contribution in [0.3, 0.4) is 0 Å². The van der Waals surface area contributed by atoms with E-state index in [1.165, 1.54) is 43.3 Å². The Bertz CT molecular complexity index is 1300. The van der Waals surface area contributed by atoms with Gasteiger partial charge in [0.2, 0.25) is 0 Å². The fraction of sp³-hybridized carbons (Fsp3) is 0.483. The lowest BCUT2D eigenvalue weighted by atomic mass is 9.97. The molecule has 2 aliphatic rings. The highest BCUT2D eigenvalue weighted by Crippen LogP contribution is 2.32. The van der Waals surface area contributed by atoms with E-state index in [2.05, 4.69) is 0 Å². The monoisotopic (exact) mass is 624 g/mol. The number of aliphatic hydroxyl groups excluding tert-OH is 5. The second kappa shape index (κ2) is 14.5. The average Bonchev–Trinajstić information content (AvgIpc) is 2.99. The number of rotatable bonds is 10. The Hall–Kier alpha value is -3.51. The van der Waals surface area contributed by atoms with Gasteiger partial charge < -0.3 is 69.6 Å². The third-order valence-electron chi connectivity index (χ3n) is 7.27. The molecule has 242 valence electrons. The predicted molar refractivity (Wildman–Crippen MR) is 147 cm³/mol. The minimum absolute atomic E-state index is 0.0754. The second-order valence-corrected chi connectivity index (χ2v) is 10.4. The van der Waals surface area contributed by atoms with Crippen LogP contribution in [0.2, 0.25) is 0 Å². The molecule has 0 aliphatic carbocycles. The molecule has 9 N–H and O–H groups in total. The van der Waals surface area contributed by atoms with Crippen molar-refractivity contribution in [1.29, 1.82) is 0 Å². The van der Waals surface area contributed by atoms with Crippen LogP contribution in [0.5, 0.6) is 23.0 Å². The van der Waals surface area contributed by atoms with E-state index >= 15 is 0 Å². The largest absolute Gasteiger partial charge is 0.504 e. The normalized spacial score (nSPS) is 32.5. The number of benzene rings is 2. The number of ether oxygens (including phenoxy) is 5. The van der Waals surface area contributed by atoms with Crippen LogP contribution in [-0.4, -0.2) is 127 Å². The minimum Gasteiger partial charge on any atom is -0.504 e. The fourth-order valence-electron chi connectivity index (χ4n) is 4.76. The Kier molecular flexibility index (Phi) is 11.0. The van der Waals surface area contributed by atoms with Gasteiger partial charge in [-0.3, -0.25) is 0 Å². The quantitative estimate of drug-likeness (QED) is 0.0873. The summed E-state index contributed by atoms with van der Waals surface area (Å²) in [6.45, 7) is 0.606. The molecule has 0 bridgehead atoms. The molecule has 2 fully saturated rings. The van der Waals surface area contributed by atoms with Crippen molar-refractivity contribution in [3.05, 3.63) is 53.6 Å². The van der Waals surface area contributed by atoms with Gasteiger partial charge in [-0.1, -0.05) is 12.1 Å². The molecule has 2 aliphatic heterocycles. The standard InChI is InChI=1S/C29H36O15/c1-13-22(36)23(37)24(38)29(41-13)44-27-25(39)28(40-9-8-15-3-6-17(32)19(34)11-15)42-20(12-30)26(27)43-21(35)7-4-14-2-5-16(31)18(33)10-14/h2-7,10-11,13,20,22-34,36-39H,8-9,12H2,1H3/b7-4+/t13-,20+,22-,23+,24+,25+,26+,27+,28-,29-/m0/s1. The Labute approximate surface area is 251 Å². The molecule has 2 saturated heterocycles. The maximum atomic E-state index is 12.8. The molecule has 0 unspecified atom stereocenters. The van der Waals surface area contributed by atoms with E-state index in [4.69, 9.17) is 23.7 Å². The van der Waals surface area contributed by atoms with Crippen LogP contribution in [0, 0.1) is 0 Å². The Morgan fingerprint density at radius 1 is 0.818 bits per heavy atom. The van der Waals surface area contributed by atoms with Crippen molar-refractivity contribution in [3.63, 3.8) is 0 Å². The molecule has 0 aromatic heterocycles. The lowest BCUT2D eigenvalue weighted by Crippen LogP contribution is -2.65. The summed E-state index contributed by atoms with van der Waals surface area (Å²) >= 11 is 0. The van der Waals surface area contributed by atoms with Gasteiger partial charge >= 0.3 is 5.97 Å².